The molecule has 0 spiro atoms. The zero-order valence-electron chi connectivity index (χ0n) is 8.37. The summed E-state index contributed by atoms with van der Waals surface area (Å²) in [5.74, 6) is 0. The minimum absolute atomic E-state index is 0.216. The second-order valence-corrected chi connectivity index (χ2v) is 3.38. The number of carbonyl (C=O) groups excluding carboxylic acids is 1. The molecule has 0 saturated carbocycles. The predicted octanol–water partition coefficient (Wildman–Crippen LogP) is 1.67. The van der Waals surface area contributed by atoms with E-state index in [1.165, 1.54) is 0 Å². The topological polar surface area (TPSA) is 35.5 Å². The van der Waals surface area contributed by atoms with Crippen molar-refractivity contribution >= 4 is 6.29 Å². The third-order valence-corrected chi connectivity index (χ3v) is 2.36. The molecule has 13 heavy (non-hydrogen) atoms. The molecule has 0 aromatic heterocycles. The van der Waals surface area contributed by atoms with E-state index in [0.29, 0.717) is 0 Å². The van der Waals surface area contributed by atoms with Crippen LogP contribution >= 0.6 is 0 Å². The lowest BCUT2D eigenvalue weighted by Crippen LogP contribution is -2.30. The number of ether oxygens (including phenoxy) is 2. The quantitative estimate of drug-likeness (QED) is 0.483. The minimum Gasteiger partial charge on any atom is -0.352 e. The van der Waals surface area contributed by atoms with Gasteiger partial charge in [0.2, 0.25) is 0 Å². The molecule has 1 aliphatic heterocycles. The summed E-state index contributed by atoms with van der Waals surface area (Å²) < 4.78 is 10.7. The number of allylic oxidation sites excluding steroid dienone is 1. The summed E-state index contributed by atoms with van der Waals surface area (Å²) in [4.78, 5) is 10.6. The maximum absolute atomic E-state index is 10.6. The van der Waals surface area contributed by atoms with E-state index in [-0.39, 0.29) is 12.4 Å². The van der Waals surface area contributed by atoms with E-state index in [1.807, 2.05) is 6.92 Å². The molecule has 3 nitrogen and oxygen atoms in total. The highest BCUT2D eigenvalue weighted by Gasteiger charge is 2.24. The molecule has 2 atom stereocenters. The standard InChI is InChI=1S/C10H16O3/c1-7(6-11)9-5-4-8(2)13-10(9)12-3/h6,8,10H,4-5H2,1-3H3/b9-7-/t8-,10?/m1/s1. The van der Waals surface area contributed by atoms with Crippen molar-refractivity contribution in [3.8, 4) is 0 Å². The average Bonchev–Trinajstić information content (AvgIpc) is 2.16. The van der Waals surface area contributed by atoms with Crippen LogP contribution in [0.15, 0.2) is 11.1 Å². The first-order chi connectivity index (χ1) is 6.19. The molecule has 0 amide bonds. The summed E-state index contributed by atoms with van der Waals surface area (Å²) in [6.07, 6.45) is 2.60. The van der Waals surface area contributed by atoms with Gasteiger partial charge in [-0.15, -0.1) is 0 Å². The molecular formula is C10H16O3. The normalized spacial score (nSPS) is 32.8. The molecule has 0 aliphatic carbocycles. The maximum atomic E-state index is 10.6. The van der Waals surface area contributed by atoms with Gasteiger partial charge < -0.3 is 9.47 Å². The fourth-order valence-corrected chi connectivity index (χ4v) is 1.49. The molecule has 1 heterocycles. The van der Waals surface area contributed by atoms with Crippen molar-refractivity contribution in [2.75, 3.05) is 7.11 Å². The minimum atomic E-state index is -0.325. The van der Waals surface area contributed by atoms with Gasteiger partial charge >= 0.3 is 0 Å². The van der Waals surface area contributed by atoms with Crippen LogP contribution in [0.1, 0.15) is 26.7 Å². The van der Waals surface area contributed by atoms with Gasteiger partial charge in [-0.1, -0.05) is 0 Å². The average molecular weight is 184 g/mol. The SMILES string of the molecule is COC1O[C@H](C)CC/C1=C(\C)C=O. The van der Waals surface area contributed by atoms with E-state index in [9.17, 15) is 4.79 Å². The predicted molar refractivity (Wildman–Crippen MR) is 49.3 cm³/mol. The van der Waals surface area contributed by atoms with Crippen LogP contribution in [0, 0.1) is 0 Å². The Kier molecular flexibility index (Phi) is 3.63. The highest BCUT2D eigenvalue weighted by atomic mass is 16.7. The highest BCUT2D eigenvalue weighted by molar-refractivity contribution is 5.73. The van der Waals surface area contributed by atoms with Crippen molar-refractivity contribution in [2.45, 2.75) is 39.1 Å². The lowest BCUT2D eigenvalue weighted by atomic mass is 9.99. The van der Waals surface area contributed by atoms with Crippen molar-refractivity contribution < 1.29 is 14.3 Å². The summed E-state index contributed by atoms with van der Waals surface area (Å²) in [6.45, 7) is 3.81. The Balaban J connectivity index is 2.79. The largest absolute Gasteiger partial charge is 0.352 e. The van der Waals surface area contributed by atoms with Gasteiger partial charge in [-0.2, -0.15) is 0 Å². The van der Waals surface area contributed by atoms with Crippen LogP contribution in [0.2, 0.25) is 0 Å². The lowest BCUT2D eigenvalue weighted by Gasteiger charge is -2.29. The van der Waals surface area contributed by atoms with Crippen LogP contribution in [-0.2, 0) is 14.3 Å². The van der Waals surface area contributed by atoms with Crippen molar-refractivity contribution in [3.05, 3.63) is 11.1 Å². The van der Waals surface area contributed by atoms with Crippen LogP contribution in [0.3, 0.4) is 0 Å². The van der Waals surface area contributed by atoms with Gasteiger partial charge in [0, 0.05) is 7.11 Å². The number of methoxy groups -OCH3 is 1. The number of hydrogen-bond donors (Lipinski definition) is 0. The van der Waals surface area contributed by atoms with E-state index in [2.05, 4.69) is 0 Å². The third kappa shape index (κ3) is 2.39. The van der Waals surface area contributed by atoms with Gasteiger partial charge in [-0.25, -0.2) is 0 Å². The summed E-state index contributed by atoms with van der Waals surface area (Å²) in [5, 5.41) is 0. The molecule has 0 N–H and O–H groups in total. The molecule has 3 heteroatoms. The first-order valence-corrected chi connectivity index (χ1v) is 4.52. The van der Waals surface area contributed by atoms with Gasteiger partial charge in [0.25, 0.3) is 0 Å². The third-order valence-electron chi connectivity index (χ3n) is 2.36. The Morgan fingerprint density at radius 3 is 2.92 bits per heavy atom. The van der Waals surface area contributed by atoms with Crippen LogP contribution in [0.4, 0.5) is 0 Å². The fourth-order valence-electron chi connectivity index (χ4n) is 1.49. The monoisotopic (exact) mass is 184 g/mol. The maximum Gasteiger partial charge on any atom is 0.180 e. The number of aldehydes is 1. The highest BCUT2D eigenvalue weighted by Crippen LogP contribution is 2.26. The van der Waals surface area contributed by atoms with Crippen LogP contribution in [0.25, 0.3) is 0 Å². The van der Waals surface area contributed by atoms with Crippen molar-refractivity contribution in [1.82, 2.24) is 0 Å². The smallest absolute Gasteiger partial charge is 0.180 e. The molecule has 1 saturated heterocycles. The van der Waals surface area contributed by atoms with Crippen molar-refractivity contribution in [3.63, 3.8) is 0 Å². The van der Waals surface area contributed by atoms with Gasteiger partial charge in [0.1, 0.15) is 6.29 Å². The Hall–Kier alpha value is -0.670. The van der Waals surface area contributed by atoms with E-state index in [4.69, 9.17) is 9.47 Å². The molecule has 0 radical (unpaired) electrons. The molecule has 0 aromatic carbocycles. The zero-order chi connectivity index (χ0) is 9.84. The second-order valence-electron chi connectivity index (χ2n) is 3.38. The Morgan fingerprint density at radius 2 is 2.38 bits per heavy atom. The molecule has 74 valence electrons. The van der Waals surface area contributed by atoms with Crippen LogP contribution in [-0.4, -0.2) is 25.8 Å². The van der Waals surface area contributed by atoms with Gasteiger partial charge in [-0.3, -0.25) is 4.79 Å². The van der Waals surface area contributed by atoms with Crippen molar-refractivity contribution in [1.29, 1.82) is 0 Å². The van der Waals surface area contributed by atoms with E-state index < -0.39 is 0 Å². The molecule has 1 unspecified atom stereocenters. The van der Waals surface area contributed by atoms with Gasteiger partial charge in [-0.05, 0) is 37.8 Å². The van der Waals surface area contributed by atoms with E-state index in [1.54, 1.807) is 14.0 Å². The first kappa shape index (κ1) is 10.4. The summed E-state index contributed by atoms with van der Waals surface area (Å²) in [7, 11) is 1.60. The first-order valence-electron chi connectivity index (χ1n) is 4.52. The number of hydrogen-bond acceptors (Lipinski definition) is 3. The molecule has 1 aliphatic rings. The summed E-state index contributed by atoms with van der Waals surface area (Å²) >= 11 is 0. The Morgan fingerprint density at radius 1 is 1.69 bits per heavy atom. The molecule has 0 bridgehead atoms. The van der Waals surface area contributed by atoms with Gasteiger partial charge in [0.15, 0.2) is 6.29 Å². The van der Waals surface area contributed by atoms with E-state index in [0.717, 1.165) is 30.3 Å². The molecule has 0 aromatic rings. The molecule has 1 fully saturated rings. The zero-order valence-corrected chi connectivity index (χ0v) is 8.37. The number of rotatable bonds is 2. The van der Waals surface area contributed by atoms with E-state index >= 15 is 0 Å². The number of carbonyl (C=O) groups is 1. The summed E-state index contributed by atoms with van der Waals surface area (Å²) in [6, 6.07) is 0. The van der Waals surface area contributed by atoms with Crippen molar-refractivity contribution in [2.24, 2.45) is 0 Å². The Bertz CT molecular complexity index is 220. The fraction of sp³-hybridized carbons (Fsp3) is 0.700. The Labute approximate surface area is 78.7 Å². The lowest BCUT2D eigenvalue weighted by molar-refractivity contribution is -0.145. The molecule has 1 rings (SSSR count). The molecular weight excluding hydrogens is 168 g/mol. The van der Waals surface area contributed by atoms with Gasteiger partial charge in [0.05, 0.1) is 6.10 Å². The summed E-state index contributed by atoms with van der Waals surface area (Å²) in [5.41, 5.74) is 1.72. The van der Waals surface area contributed by atoms with Crippen LogP contribution in [0.5, 0.6) is 0 Å². The second kappa shape index (κ2) is 4.53. The van der Waals surface area contributed by atoms with Crippen LogP contribution < -0.4 is 0 Å².